The smallest absolute Gasteiger partial charge is 0.138 e. The van der Waals surface area contributed by atoms with Gasteiger partial charge < -0.3 is 19.7 Å². The van der Waals surface area contributed by atoms with Crippen molar-refractivity contribution >= 4 is 0 Å². The summed E-state index contributed by atoms with van der Waals surface area (Å²) in [5, 5.41) is 17.5. The summed E-state index contributed by atoms with van der Waals surface area (Å²) in [7, 11) is 1.58. The number of aryl methyl sites for hydroxylation is 2. The van der Waals surface area contributed by atoms with Gasteiger partial charge in [0.15, 0.2) is 0 Å². The molecule has 0 saturated carbocycles. The fraction of sp³-hybridized carbons (Fsp3) is 0.438. The van der Waals surface area contributed by atoms with E-state index in [9.17, 15) is 5.11 Å². The third-order valence-electron chi connectivity index (χ3n) is 3.73. The highest BCUT2D eigenvalue weighted by Crippen LogP contribution is 2.30. The molecule has 0 spiro atoms. The zero-order valence-electron chi connectivity index (χ0n) is 13.1. The molecule has 0 saturated heterocycles. The number of phenols is 1. The predicted molar refractivity (Wildman–Crippen MR) is 80.6 cm³/mol. The Morgan fingerprint density at radius 3 is 2.48 bits per heavy atom. The molecule has 1 aromatic heterocycles. The van der Waals surface area contributed by atoms with Crippen LogP contribution in [0.5, 0.6) is 11.5 Å². The monoisotopic (exact) mass is 290 g/mol. The molecule has 2 rings (SSSR count). The average molecular weight is 290 g/mol. The maximum Gasteiger partial charge on any atom is 0.138 e. The first-order chi connectivity index (χ1) is 9.93. The topological polar surface area (TPSA) is 67.5 Å². The summed E-state index contributed by atoms with van der Waals surface area (Å²) in [5.74, 6) is 1.68. The van der Waals surface area contributed by atoms with Crippen LogP contribution in [0.1, 0.15) is 48.5 Å². The minimum Gasteiger partial charge on any atom is -0.507 e. The number of aromatic hydroxyl groups is 1. The van der Waals surface area contributed by atoms with Crippen LogP contribution in [0.15, 0.2) is 22.7 Å². The molecule has 2 N–H and O–H groups in total. The fourth-order valence-electron chi connectivity index (χ4n) is 2.67. The lowest BCUT2D eigenvalue weighted by Gasteiger charge is -2.21. The van der Waals surface area contributed by atoms with Crippen molar-refractivity contribution < 1.29 is 14.4 Å². The molecule has 0 radical (unpaired) electrons. The minimum atomic E-state index is -0.0143. The summed E-state index contributed by atoms with van der Waals surface area (Å²) in [4.78, 5) is 0. The van der Waals surface area contributed by atoms with E-state index >= 15 is 0 Å². The van der Waals surface area contributed by atoms with E-state index in [4.69, 9.17) is 9.26 Å². The Labute approximate surface area is 124 Å². The normalized spacial score (nSPS) is 14.0. The number of aromatic nitrogens is 1. The fourth-order valence-corrected chi connectivity index (χ4v) is 2.67. The lowest BCUT2D eigenvalue weighted by Crippen LogP contribution is -2.23. The van der Waals surface area contributed by atoms with Gasteiger partial charge in [-0.25, -0.2) is 0 Å². The molecule has 5 nitrogen and oxygen atoms in total. The summed E-state index contributed by atoms with van der Waals surface area (Å²) < 4.78 is 10.3. The molecule has 21 heavy (non-hydrogen) atoms. The highest BCUT2D eigenvalue weighted by atomic mass is 16.5. The molecule has 5 heteroatoms. The summed E-state index contributed by atoms with van der Waals surface area (Å²) in [6, 6.07) is 5.39. The molecule has 0 fully saturated rings. The minimum absolute atomic E-state index is 0.0143. The highest BCUT2D eigenvalue weighted by Gasteiger charge is 2.20. The quantitative estimate of drug-likeness (QED) is 0.883. The summed E-state index contributed by atoms with van der Waals surface area (Å²) in [6.45, 7) is 7.91. The third-order valence-corrected chi connectivity index (χ3v) is 3.73. The average Bonchev–Trinajstić information content (AvgIpc) is 2.77. The van der Waals surface area contributed by atoms with E-state index < -0.39 is 0 Å². The standard InChI is InChI=1S/C16H22N2O3/c1-9(14-7-6-13(20-5)8-15(14)19)17-10(2)16-11(3)18-21-12(16)4/h6-10,17,19H,1-5H3. The Hall–Kier alpha value is -2.01. The molecule has 1 heterocycles. The molecule has 2 unspecified atom stereocenters. The van der Waals surface area contributed by atoms with Crippen LogP contribution >= 0.6 is 0 Å². The molecular formula is C16H22N2O3. The Bertz CT molecular complexity index is 602. The van der Waals surface area contributed by atoms with Crippen LogP contribution in [0.4, 0.5) is 0 Å². The largest absolute Gasteiger partial charge is 0.507 e. The van der Waals surface area contributed by atoms with Crippen LogP contribution in [-0.4, -0.2) is 17.4 Å². The lowest BCUT2D eigenvalue weighted by molar-refractivity contribution is 0.388. The van der Waals surface area contributed by atoms with Gasteiger partial charge in [0, 0.05) is 29.3 Å². The van der Waals surface area contributed by atoms with Crippen molar-refractivity contribution in [3.8, 4) is 11.5 Å². The second-order valence-electron chi connectivity index (χ2n) is 5.27. The van der Waals surface area contributed by atoms with E-state index in [1.807, 2.05) is 32.9 Å². The molecule has 2 aromatic rings. The van der Waals surface area contributed by atoms with Gasteiger partial charge in [0.25, 0.3) is 0 Å². The van der Waals surface area contributed by atoms with Crippen LogP contribution in [0.3, 0.4) is 0 Å². The molecule has 0 aliphatic heterocycles. The van der Waals surface area contributed by atoms with E-state index in [2.05, 4.69) is 17.4 Å². The van der Waals surface area contributed by atoms with Crippen molar-refractivity contribution in [2.75, 3.05) is 7.11 Å². The third kappa shape index (κ3) is 3.19. The van der Waals surface area contributed by atoms with Crippen molar-refractivity contribution in [2.24, 2.45) is 0 Å². The van der Waals surface area contributed by atoms with Gasteiger partial charge in [-0.15, -0.1) is 0 Å². The molecule has 1 aromatic carbocycles. The molecule has 0 aliphatic rings. The number of benzene rings is 1. The molecule has 0 amide bonds. The lowest BCUT2D eigenvalue weighted by atomic mass is 10.0. The Morgan fingerprint density at radius 2 is 1.95 bits per heavy atom. The second-order valence-corrected chi connectivity index (χ2v) is 5.27. The highest BCUT2D eigenvalue weighted by molar-refractivity contribution is 5.41. The van der Waals surface area contributed by atoms with Gasteiger partial charge >= 0.3 is 0 Å². The number of rotatable bonds is 5. The van der Waals surface area contributed by atoms with Gasteiger partial charge in [-0.3, -0.25) is 0 Å². The van der Waals surface area contributed by atoms with Crippen molar-refractivity contribution in [1.29, 1.82) is 0 Å². The van der Waals surface area contributed by atoms with Crippen LogP contribution in [0, 0.1) is 13.8 Å². The van der Waals surface area contributed by atoms with Gasteiger partial charge in [0.1, 0.15) is 17.3 Å². The summed E-state index contributed by atoms with van der Waals surface area (Å²) in [5.41, 5.74) is 2.78. The van der Waals surface area contributed by atoms with E-state index in [1.165, 1.54) is 0 Å². The van der Waals surface area contributed by atoms with Crippen LogP contribution in [0.2, 0.25) is 0 Å². The molecule has 0 aliphatic carbocycles. The number of phenolic OH excluding ortho intramolecular Hbond substituents is 1. The maximum absolute atomic E-state index is 10.1. The number of hydrogen-bond donors (Lipinski definition) is 2. The predicted octanol–water partition coefficient (Wildman–Crippen LogP) is 3.42. The van der Waals surface area contributed by atoms with Gasteiger partial charge in [0.05, 0.1) is 12.8 Å². The number of methoxy groups -OCH3 is 1. The van der Waals surface area contributed by atoms with Gasteiger partial charge in [-0.1, -0.05) is 11.2 Å². The molecule has 114 valence electrons. The van der Waals surface area contributed by atoms with Crippen molar-refractivity contribution in [3.63, 3.8) is 0 Å². The number of nitrogens with zero attached hydrogens (tertiary/aromatic N) is 1. The van der Waals surface area contributed by atoms with E-state index in [1.54, 1.807) is 13.2 Å². The Balaban J connectivity index is 2.16. The second kappa shape index (κ2) is 6.18. The SMILES string of the molecule is COc1ccc(C(C)NC(C)c2c(C)noc2C)c(O)c1. The van der Waals surface area contributed by atoms with Crippen LogP contribution < -0.4 is 10.1 Å². The van der Waals surface area contributed by atoms with E-state index in [0.29, 0.717) is 5.75 Å². The van der Waals surface area contributed by atoms with E-state index in [0.717, 1.165) is 22.6 Å². The van der Waals surface area contributed by atoms with Gasteiger partial charge in [-0.05, 0) is 33.8 Å². The van der Waals surface area contributed by atoms with Crippen LogP contribution in [0.25, 0.3) is 0 Å². The molecular weight excluding hydrogens is 268 g/mol. The zero-order valence-corrected chi connectivity index (χ0v) is 13.1. The summed E-state index contributed by atoms with van der Waals surface area (Å²) >= 11 is 0. The van der Waals surface area contributed by atoms with Crippen molar-refractivity contribution in [1.82, 2.24) is 10.5 Å². The first kappa shape index (κ1) is 15.4. The number of ether oxygens (including phenoxy) is 1. The van der Waals surface area contributed by atoms with Gasteiger partial charge in [0.2, 0.25) is 0 Å². The van der Waals surface area contributed by atoms with Crippen LogP contribution in [-0.2, 0) is 0 Å². The Morgan fingerprint density at radius 1 is 1.24 bits per heavy atom. The number of hydrogen-bond acceptors (Lipinski definition) is 5. The van der Waals surface area contributed by atoms with Gasteiger partial charge in [-0.2, -0.15) is 0 Å². The summed E-state index contributed by atoms with van der Waals surface area (Å²) in [6.07, 6.45) is 0. The first-order valence-electron chi connectivity index (χ1n) is 6.99. The van der Waals surface area contributed by atoms with Crippen molar-refractivity contribution in [2.45, 2.75) is 39.8 Å². The maximum atomic E-state index is 10.1. The van der Waals surface area contributed by atoms with E-state index in [-0.39, 0.29) is 17.8 Å². The molecule has 0 bridgehead atoms. The molecule has 2 atom stereocenters. The Kier molecular flexibility index (Phi) is 4.53. The van der Waals surface area contributed by atoms with Crippen molar-refractivity contribution in [3.05, 3.63) is 40.8 Å². The first-order valence-corrected chi connectivity index (χ1v) is 6.99. The number of nitrogens with one attached hydrogen (secondary N) is 1. The zero-order chi connectivity index (χ0) is 15.6.